The van der Waals surface area contributed by atoms with Gasteiger partial charge in [-0.2, -0.15) is 10.1 Å². The van der Waals surface area contributed by atoms with Crippen LogP contribution >= 0.6 is 0 Å². The quantitative estimate of drug-likeness (QED) is 0.665. The number of ether oxygens (including phenoxy) is 1. The molecule has 1 fully saturated rings. The van der Waals surface area contributed by atoms with Gasteiger partial charge in [-0.1, -0.05) is 38.1 Å². The van der Waals surface area contributed by atoms with Gasteiger partial charge in [-0.15, -0.1) is 0 Å². The van der Waals surface area contributed by atoms with Crippen molar-refractivity contribution in [3.63, 3.8) is 0 Å². The Morgan fingerprint density at radius 2 is 1.90 bits per heavy atom. The van der Waals surface area contributed by atoms with Crippen LogP contribution in [0.2, 0.25) is 0 Å². The monoisotopic (exact) mass is 406 g/mol. The largest absolute Gasteiger partial charge is 0.447 e. The molecule has 1 N–H and O–H groups in total. The predicted molar refractivity (Wildman–Crippen MR) is 115 cm³/mol. The van der Waals surface area contributed by atoms with E-state index >= 15 is 0 Å². The van der Waals surface area contributed by atoms with Gasteiger partial charge in [0.05, 0.1) is 18.3 Å². The van der Waals surface area contributed by atoms with E-state index in [1.807, 2.05) is 19.4 Å². The zero-order valence-corrected chi connectivity index (χ0v) is 17.6. The molecule has 1 amide bonds. The molecular weight excluding hydrogens is 380 g/mol. The number of nitrogens with zero attached hydrogens (tertiary/aromatic N) is 5. The second-order valence-electron chi connectivity index (χ2n) is 7.89. The molecule has 3 aromatic rings. The van der Waals surface area contributed by atoms with Gasteiger partial charge < -0.3 is 10.1 Å². The first-order valence-corrected chi connectivity index (χ1v) is 10.1. The number of benzene rings is 1. The van der Waals surface area contributed by atoms with Crippen molar-refractivity contribution in [2.24, 2.45) is 13.0 Å². The third-order valence-corrected chi connectivity index (χ3v) is 5.36. The fourth-order valence-electron chi connectivity index (χ4n) is 3.55. The van der Waals surface area contributed by atoms with Crippen molar-refractivity contribution in [2.75, 3.05) is 16.8 Å². The van der Waals surface area contributed by atoms with E-state index in [0.717, 1.165) is 16.7 Å². The topological polar surface area (TPSA) is 85.2 Å². The number of cyclic esters (lactones) is 1. The first-order chi connectivity index (χ1) is 14.4. The lowest BCUT2D eigenvalue weighted by molar-refractivity contribution is 0.177. The van der Waals surface area contributed by atoms with E-state index in [-0.39, 0.29) is 24.1 Å². The van der Waals surface area contributed by atoms with E-state index in [4.69, 9.17) is 4.74 Å². The number of aryl methyl sites for hydroxylation is 1. The van der Waals surface area contributed by atoms with Crippen LogP contribution in [-0.4, -0.2) is 38.5 Å². The van der Waals surface area contributed by atoms with Crippen molar-refractivity contribution in [3.05, 3.63) is 54.5 Å². The molecule has 4 rings (SSSR count). The van der Waals surface area contributed by atoms with Gasteiger partial charge in [-0.3, -0.25) is 9.58 Å². The normalized spacial score (nSPS) is 17.3. The minimum absolute atomic E-state index is 0.00498. The van der Waals surface area contributed by atoms with Crippen LogP contribution < -0.4 is 10.2 Å². The van der Waals surface area contributed by atoms with Crippen LogP contribution in [0.4, 0.5) is 16.6 Å². The highest BCUT2D eigenvalue weighted by molar-refractivity contribution is 5.89. The molecule has 2 atom stereocenters. The molecule has 0 aliphatic carbocycles. The van der Waals surface area contributed by atoms with Crippen LogP contribution in [0.15, 0.2) is 48.9 Å². The first-order valence-electron chi connectivity index (χ1n) is 10.1. The maximum atomic E-state index is 12.2. The first kappa shape index (κ1) is 19.9. The van der Waals surface area contributed by atoms with Gasteiger partial charge in [-0.05, 0) is 30.0 Å². The van der Waals surface area contributed by atoms with Crippen molar-refractivity contribution in [1.82, 2.24) is 19.7 Å². The van der Waals surface area contributed by atoms with Crippen LogP contribution in [0.5, 0.6) is 0 Å². The Bertz CT molecular complexity index is 1030. The lowest BCUT2D eigenvalue weighted by Gasteiger charge is -2.23. The fraction of sp³-hybridized carbons (Fsp3) is 0.364. The summed E-state index contributed by atoms with van der Waals surface area (Å²) in [6.07, 6.45) is 5.14. The van der Waals surface area contributed by atoms with Crippen LogP contribution in [0.1, 0.15) is 32.4 Å². The predicted octanol–water partition coefficient (Wildman–Crippen LogP) is 4.03. The Labute approximate surface area is 175 Å². The zero-order valence-electron chi connectivity index (χ0n) is 17.6. The standard InChI is InChI=1S/C22H26N6O2/c1-14(2)19-13-30-22(29)28(19)20-9-10-23-21(26-20)25-15(3)16-5-7-17(8-6-16)18-11-24-27(4)12-18/h5-12,14-15,19H,13H2,1-4H3,(H,23,25,26)/t15-,19+/m0/s1. The van der Waals surface area contributed by atoms with E-state index in [1.54, 1.807) is 21.8 Å². The van der Waals surface area contributed by atoms with Gasteiger partial charge in [0.2, 0.25) is 5.95 Å². The molecule has 1 saturated heterocycles. The van der Waals surface area contributed by atoms with Crippen molar-refractivity contribution in [3.8, 4) is 11.1 Å². The highest BCUT2D eigenvalue weighted by atomic mass is 16.6. The smallest absolute Gasteiger partial charge is 0.415 e. The Hall–Kier alpha value is -3.42. The van der Waals surface area contributed by atoms with Gasteiger partial charge >= 0.3 is 6.09 Å². The second kappa shape index (κ2) is 8.14. The number of rotatable bonds is 6. The third kappa shape index (κ3) is 3.98. The number of hydrogen-bond donors (Lipinski definition) is 1. The minimum atomic E-state index is -0.364. The number of anilines is 2. The molecule has 1 aliphatic heterocycles. The molecule has 30 heavy (non-hydrogen) atoms. The summed E-state index contributed by atoms with van der Waals surface area (Å²) in [6.45, 7) is 6.56. The number of carbonyl (C=O) groups is 1. The second-order valence-corrected chi connectivity index (χ2v) is 7.89. The number of nitrogens with one attached hydrogen (secondary N) is 1. The highest BCUT2D eigenvalue weighted by Crippen LogP contribution is 2.27. The highest BCUT2D eigenvalue weighted by Gasteiger charge is 2.37. The SMILES string of the molecule is CC(C)[C@H]1COC(=O)N1c1ccnc(N[C@@H](C)c2ccc(-c3cnn(C)c3)cc2)n1. The van der Waals surface area contributed by atoms with Gasteiger partial charge in [0.25, 0.3) is 0 Å². The minimum Gasteiger partial charge on any atom is -0.447 e. The maximum absolute atomic E-state index is 12.2. The summed E-state index contributed by atoms with van der Waals surface area (Å²) in [5.74, 6) is 1.28. The average Bonchev–Trinajstić information content (AvgIpc) is 3.34. The van der Waals surface area contributed by atoms with Crippen LogP contribution in [0, 0.1) is 5.92 Å². The number of aromatic nitrogens is 4. The van der Waals surface area contributed by atoms with Gasteiger partial charge in [-0.25, -0.2) is 9.78 Å². The summed E-state index contributed by atoms with van der Waals surface area (Å²) < 4.78 is 7.02. The molecule has 1 aromatic carbocycles. The molecule has 8 nitrogen and oxygen atoms in total. The van der Waals surface area contributed by atoms with Crippen molar-refractivity contribution in [2.45, 2.75) is 32.9 Å². The van der Waals surface area contributed by atoms with Crippen LogP contribution in [0.25, 0.3) is 11.1 Å². The summed E-state index contributed by atoms with van der Waals surface area (Å²) in [5.41, 5.74) is 3.31. The summed E-state index contributed by atoms with van der Waals surface area (Å²) in [5, 5.41) is 7.55. The molecule has 2 aromatic heterocycles. The third-order valence-electron chi connectivity index (χ3n) is 5.36. The lowest BCUT2D eigenvalue weighted by Crippen LogP contribution is -2.37. The van der Waals surface area contributed by atoms with E-state index in [1.165, 1.54) is 0 Å². The van der Waals surface area contributed by atoms with Gasteiger partial charge in [0.1, 0.15) is 12.4 Å². The number of amides is 1. The van der Waals surface area contributed by atoms with Gasteiger partial charge in [0.15, 0.2) is 0 Å². The maximum Gasteiger partial charge on any atom is 0.415 e. The van der Waals surface area contributed by atoms with Crippen molar-refractivity contribution < 1.29 is 9.53 Å². The fourth-order valence-corrected chi connectivity index (χ4v) is 3.55. The molecule has 0 bridgehead atoms. The van der Waals surface area contributed by atoms with Crippen LogP contribution in [0.3, 0.4) is 0 Å². The number of carbonyl (C=O) groups excluding carboxylic acids is 1. The zero-order chi connectivity index (χ0) is 21.3. The molecule has 0 radical (unpaired) electrons. The van der Waals surface area contributed by atoms with E-state index < -0.39 is 0 Å². The van der Waals surface area contributed by atoms with E-state index in [9.17, 15) is 4.79 Å². The molecule has 3 heterocycles. The number of hydrogen-bond acceptors (Lipinski definition) is 6. The summed E-state index contributed by atoms with van der Waals surface area (Å²) in [7, 11) is 1.91. The van der Waals surface area contributed by atoms with E-state index in [2.05, 4.69) is 65.4 Å². The lowest BCUT2D eigenvalue weighted by atomic mass is 10.0. The van der Waals surface area contributed by atoms with Crippen molar-refractivity contribution in [1.29, 1.82) is 0 Å². The Kier molecular flexibility index (Phi) is 5.39. The summed E-state index contributed by atoms with van der Waals surface area (Å²) in [4.78, 5) is 22.7. The van der Waals surface area contributed by atoms with Crippen LogP contribution in [-0.2, 0) is 11.8 Å². The molecule has 156 valence electrons. The van der Waals surface area contributed by atoms with Gasteiger partial charge in [0, 0.05) is 25.0 Å². The Balaban J connectivity index is 1.49. The van der Waals surface area contributed by atoms with Crippen molar-refractivity contribution >= 4 is 17.9 Å². The Morgan fingerprint density at radius 3 is 2.57 bits per heavy atom. The molecule has 0 spiro atoms. The molecular formula is C22H26N6O2. The molecule has 0 unspecified atom stereocenters. The Morgan fingerprint density at radius 1 is 1.13 bits per heavy atom. The molecule has 1 aliphatic rings. The molecule has 0 saturated carbocycles. The van der Waals surface area contributed by atoms with E-state index in [0.29, 0.717) is 18.4 Å². The molecule has 8 heteroatoms. The summed E-state index contributed by atoms with van der Waals surface area (Å²) >= 11 is 0. The average molecular weight is 406 g/mol. The summed E-state index contributed by atoms with van der Waals surface area (Å²) in [6, 6.07) is 10.0.